The number of amides is 2. The first-order valence-corrected chi connectivity index (χ1v) is 12.1. The van der Waals surface area contributed by atoms with E-state index >= 15 is 0 Å². The highest BCUT2D eigenvalue weighted by Gasteiger charge is 2.28. The van der Waals surface area contributed by atoms with Crippen molar-refractivity contribution in [3.05, 3.63) is 65.4 Å². The summed E-state index contributed by atoms with van der Waals surface area (Å²) in [7, 11) is -3.64. The van der Waals surface area contributed by atoms with E-state index in [2.05, 4.69) is 5.32 Å². The summed E-state index contributed by atoms with van der Waals surface area (Å²) in [4.78, 5) is 26.8. The number of sulfonamides is 1. The molecule has 7 nitrogen and oxygen atoms in total. The molecule has 0 bridgehead atoms. The Balaban J connectivity index is 1.86. The topological polar surface area (TPSA) is 86.8 Å². The second kappa shape index (κ2) is 9.67. The van der Waals surface area contributed by atoms with Crippen molar-refractivity contribution in [2.75, 3.05) is 18.4 Å². The van der Waals surface area contributed by atoms with Crippen LogP contribution in [0.2, 0.25) is 0 Å². The minimum Gasteiger partial charge on any atom is -0.326 e. The standard InChI is InChI=1S/C24H29N3O4S/c1-5-26(6-2)32(30,31)20-12-11-17(3)22(15-20)25-24(29)16-23-21-10-8-7-9-19(21)13-14-27(23)18(4)28/h7-15,23H,5-6,16H2,1-4H3,(H,25,29). The molecule has 1 N–H and O–H groups in total. The Labute approximate surface area is 189 Å². The SMILES string of the molecule is CCN(CC)S(=O)(=O)c1ccc(C)c(NC(=O)CC2c3ccccc3C=CN2C(C)=O)c1. The van der Waals surface area contributed by atoms with Crippen molar-refractivity contribution in [1.29, 1.82) is 0 Å². The molecular formula is C24H29N3O4S. The van der Waals surface area contributed by atoms with Crippen molar-refractivity contribution < 1.29 is 18.0 Å². The van der Waals surface area contributed by atoms with E-state index in [1.54, 1.807) is 37.1 Å². The smallest absolute Gasteiger partial charge is 0.243 e. The van der Waals surface area contributed by atoms with Crippen molar-refractivity contribution in [3.8, 4) is 0 Å². The summed E-state index contributed by atoms with van der Waals surface area (Å²) in [5.41, 5.74) is 3.06. The Hall–Kier alpha value is -2.97. The Morgan fingerprint density at radius 2 is 1.78 bits per heavy atom. The van der Waals surface area contributed by atoms with Crippen LogP contribution in [0.4, 0.5) is 5.69 Å². The van der Waals surface area contributed by atoms with E-state index in [0.29, 0.717) is 18.8 Å². The fourth-order valence-corrected chi connectivity index (χ4v) is 5.38. The zero-order chi connectivity index (χ0) is 23.5. The van der Waals surface area contributed by atoms with Crippen LogP contribution in [-0.4, -0.2) is 42.5 Å². The number of hydrogen-bond acceptors (Lipinski definition) is 4. The molecule has 3 rings (SSSR count). The molecule has 0 spiro atoms. The number of carbonyl (C=O) groups is 2. The molecule has 1 unspecified atom stereocenters. The summed E-state index contributed by atoms with van der Waals surface area (Å²) in [6, 6.07) is 12.0. The van der Waals surface area contributed by atoms with Gasteiger partial charge in [0.2, 0.25) is 21.8 Å². The van der Waals surface area contributed by atoms with E-state index in [1.807, 2.05) is 37.3 Å². The largest absolute Gasteiger partial charge is 0.326 e. The Morgan fingerprint density at radius 1 is 1.09 bits per heavy atom. The molecule has 8 heteroatoms. The Bertz CT molecular complexity index is 1150. The average Bonchev–Trinajstić information content (AvgIpc) is 2.75. The van der Waals surface area contributed by atoms with Crippen LogP contribution in [0.15, 0.2) is 53.6 Å². The van der Waals surface area contributed by atoms with Gasteiger partial charge in [0.15, 0.2) is 0 Å². The summed E-state index contributed by atoms with van der Waals surface area (Å²) in [5, 5.41) is 2.85. The van der Waals surface area contributed by atoms with Crippen molar-refractivity contribution in [1.82, 2.24) is 9.21 Å². The molecule has 32 heavy (non-hydrogen) atoms. The van der Waals surface area contributed by atoms with E-state index in [9.17, 15) is 18.0 Å². The lowest BCUT2D eigenvalue weighted by molar-refractivity contribution is -0.129. The Morgan fingerprint density at radius 3 is 2.44 bits per heavy atom. The lowest BCUT2D eigenvalue weighted by Crippen LogP contribution is -2.33. The molecule has 0 saturated heterocycles. The molecule has 1 heterocycles. The van der Waals surface area contributed by atoms with E-state index in [-0.39, 0.29) is 23.1 Å². The van der Waals surface area contributed by atoms with E-state index in [1.165, 1.54) is 17.3 Å². The average molecular weight is 456 g/mol. The lowest BCUT2D eigenvalue weighted by atomic mass is 9.93. The highest BCUT2D eigenvalue weighted by molar-refractivity contribution is 7.89. The molecule has 1 atom stereocenters. The maximum absolute atomic E-state index is 13.0. The predicted molar refractivity (Wildman–Crippen MR) is 125 cm³/mol. The van der Waals surface area contributed by atoms with Crippen molar-refractivity contribution in [3.63, 3.8) is 0 Å². The summed E-state index contributed by atoms with van der Waals surface area (Å²) in [6.07, 6.45) is 3.61. The first-order valence-electron chi connectivity index (χ1n) is 10.7. The molecule has 0 fully saturated rings. The van der Waals surface area contributed by atoms with E-state index < -0.39 is 16.1 Å². The fraction of sp³-hybridized carbons (Fsp3) is 0.333. The molecule has 1 aliphatic rings. The van der Waals surface area contributed by atoms with Gasteiger partial charge >= 0.3 is 0 Å². The highest BCUT2D eigenvalue weighted by Crippen LogP contribution is 2.33. The van der Waals surface area contributed by atoms with Gasteiger partial charge in [-0.05, 0) is 41.8 Å². The van der Waals surface area contributed by atoms with Crippen molar-refractivity contribution >= 4 is 33.6 Å². The van der Waals surface area contributed by atoms with Gasteiger partial charge in [-0.2, -0.15) is 4.31 Å². The van der Waals surface area contributed by atoms with E-state index in [4.69, 9.17) is 0 Å². The molecule has 1 aliphatic heterocycles. The number of benzene rings is 2. The van der Waals surface area contributed by atoms with Gasteiger partial charge in [-0.15, -0.1) is 0 Å². The van der Waals surface area contributed by atoms with Crippen LogP contribution in [0, 0.1) is 6.92 Å². The third-order valence-corrected chi connectivity index (χ3v) is 7.72. The quantitative estimate of drug-likeness (QED) is 0.685. The summed E-state index contributed by atoms with van der Waals surface area (Å²) >= 11 is 0. The number of nitrogens with zero attached hydrogens (tertiary/aromatic N) is 2. The molecular weight excluding hydrogens is 426 g/mol. The van der Waals surface area contributed by atoms with Gasteiger partial charge < -0.3 is 10.2 Å². The number of hydrogen-bond donors (Lipinski definition) is 1. The predicted octanol–water partition coefficient (Wildman–Crippen LogP) is 3.93. The van der Waals surface area contributed by atoms with Gasteiger partial charge in [-0.3, -0.25) is 9.59 Å². The van der Waals surface area contributed by atoms with E-state index in [0.717, 1.165) is 16.7 Å². The second-order valence-corrected chi connectivity index (χ2v) is 9.64. The molecule has 170 valence electrons. The van der Waals surface area contributed by atoms with Crippen LogP contribution in [0.25, 0.3) is 6.08 Å². The van der Waals surface area contributed by atoms with Crippen LogP contribution in [0.1, 0.15) is 49.9 Å². The fourth-order valence-electron chi connectivity index (χ4n) is 3.90. The number of rotatable bonds is 7. The molecule has 2 aromatic rings. The minimum absolute atomic E-state index is 0.0490. The normalized spacial score (nSPS) is 15.5. The molecule has 0 saturated carbocycles. The van der Waals surface area contributed by atoms with Crippen molar-refractivity contribution in [2.45, 2.75) is 45.1 Å². The summed E-state index contributed by atoms with van der Waals surface area (Å²) in [6.45, 7) is 7.58. The maximum atomic E-state index is 13.0. The van der Waals surface area contributed by atoms with Crippen LogP contribution in [-0.2, 0) is 19.6 Å². The second-order valence-electron chi connectivity index (χ2n) is 7.71. The van der Waals surface area contributed by atoms with Gasteiger partial charge in [-0.25, -0.2) is 8.42 Å². The number of anilines is 1. The monoisotopic (exact) mass is 455 g/mol. The van der Waals surface area contributed by atoms with Gasteiger partial charge in [0, 0.05) is 31.9 Å². The van der Waals surface area contributed by atoms with Gasteiger partial charge in [-0.1, -0.05) is 44.2 Å². The van der Waals surface area contributed by atoms with Crippen LogP contribution in [0.5, 0.6) is 0 Å². The molecule has 0 aromatic heterocycles. The highest BCUT2D eigenvalue weighted by atomic mass is 32.2. The maximum Gasteiger partial charge on any atom is 0.243 e. The van der Waals surface area contributed by atoms with Crippen LogP contribution >= 0.6 is 0 Å². The first kappa shape index (κ1) is 23.7. The first-order chi connectivity index (χ1) is 15.2. The summed E-state index contributed by atoms with van der Waals surface area (Å²) in [5.74, 6) is -0.455. The minimum atomic E-state index is -3.64. The number of nitrogens with one attached hydrogen (secondary N) is 1. The zero-order valence-electron chi connectivity index (χ0n) is 18.8. The molecule has 0 radical (unpaired) electrons. The number of carbonyl (C=O) groups excluding carboxylic acids is 2. The Kier molecular flexibility index (Phi) is 7.16. The van der Waals surface area contributed by atoms with Gasteiger partial charge in [0.25, 0.3) is 0 Å². The van der Waals surface area contributed by atoms with Crippen molar-refractivity contribution in [2.24, 2.45) is 0 Å². The molecule has 2 amide bonds. The third-order valence-electron chi connectivity index (χ3n) is 5.67. The van der Waals surface area contributed by atoms with Gasteiger partial charge in [0.1, 0.15) is 0 Å². The van der Waals surface area contributed by atoms with Gasteiger partial charge in [0.05, 0.1) is 17.4 Å². The lowest BCUT2D eigenvalue weighted by Gasteiger charge is -2.32. The van der Waals surface area contributed by atoms with Crippen LogP contribution in [0.3, 0.4) is 0 Å². The number of aryl methyl sites for hydroxylation is 1. The third kappa shape index (κ3) is 4.76. The zero-order valence-corrected chi connectivity index (χ0v) is 19.6. The van der Waals surface area contributed by atoms with Crippen LogP contribution < -0.4 is 5.32 Å². The number of fused-ring (bicyclic) bond motifs is 1. The molecule has 0 aliphatic carbocycles. The summed E-state index contributed by atoms with van der Waals surface area (Å²) < 4.78 is 27.1. The molecule has 2 aromatic carbocycles.